The number of benzene rings is 2. The summed E-state index contributed by atoms with van der Waals surface area (Å²) in [7, 11) is 0. The smallest absolute Gasteiger partial charge is 0.130 e. The molecule has 2 aliphatic rings. The second-order valence-electron chi connectivity index (χ2n) is 5.64. The van der Waals surface area contributed by atoms with E-state index in [4.69, 9.17) is 4.74 Å². The largest absolute Gasteiger partial charge is 0.457 e. The van der Waals surface area contributed by atoms with E-state index in [0.29, 0.717) is 0 Å². The SMILES string of the molecule is c1ccc(Oc2ccccc2CC2CS2)c(CC2CS2)c1. The van der Waals surface area contributed by atoms with Crippen molar-refractivity contribution in [2.24, 2.45) is 0 Å². The van der Waals surface area contributed by atoms with E-state index in [1.165, 1.54) is 22.6 Å². The molecule has 2 aromatic carbocycles. The molecule has 0 aromatic heterocycles. The summed E-state index contributed by atoms with van der Waals surface area (Å²) in [6.07, 6.45) is 2.25. The van der Waals surface area contributed by atoms with E-state index >= 15 is 0 Å². The minimum Gasteiger partial charge on any atom is -0.457 e. The fourth-order valence-electron chi connectivity index (χ4n) is 2.52. The third-order valence-electron chi connectivity index (χ3n) is 3.87. The van der Waals surface area contributed by atoms with Gasteiger partial charge in [0, 0.05) is 22.0 Å². The van der Waals surface area contributed by atoms with Crippen LogP contribution in [0.2, 0.25) is 0 Å². The third kappa shape index (κ3) is 3.58. The van der Waals surface area contributed by atoms with Gasteiger partial charge in [-0.25, -0.2) is 0 Å². The van der Waals surface area contributed by atoms with Crippen molar-refractivity contribution >= 4 is 23.5 Å². The number of para-hydroxylation sites is 2. The Kier molecular flexibility index (Phi) is 3.87. The van der Waals surface area contributed by atoms with Gasteiger partial charge in [0.1, 0.15) is 11.5 Å². The van der Waals surface area contributed by atoms with Crippen LogP contribution < -0.4 is 4.74 Å². The fraction of sp³-hybridized carbons (Fsp3) is 0.333. The maximum atomic E-state index is 6.28. The van der Waals surface area contributed by atoms with Gasteiger partial charge in [0.25, 0.3) is 0 Å². The van der Waals surface area contributed by atoms with Crippen molar-refractivity contribution in [2.75, 3.05) is 11.5 Å². The van der Waals surface area contributed by atoms with Crippen molar-refractivity contribution in [3.8, 4) is 11.5 Å². The number of hydrogen-bond acceptors (Lipinski definition) is 3. The zero-order valence-electron chi connectivity index (χ0n) is 11.8. The maximum Gasteiger partial charge on any atom is 0.130 e. The topological polar surface area (TPSA) is 9.23 Å². The summed E-state index contributed by atoms with van der Waals surface area (Å²) >= 11 is 4.08. The van der Waals surface area contributed by atoms with Gasteiger partial charge in [0.2, 0.25) is 0 Å². The highest BCUT2D eigenvalue weighted by Crippen LogP contribution is 2.38. The summed E-state index contributed by atoms with van der Waals surface area (Å²) in [6, 6.07) is 17.0. The predicted molar refractivity (Wildman–Crippen MR) is 92.9 cm³/mol. The molecule has 0 N–H and O–H groups in total. The van der Waals surface area contributed by atoms with Gasteiger partial charge in [-0.15, -0.1) is 0 Å². The summed E-state index contributed by atoms with van der Waals surface area (Å²) in [4.78, 5) is 0. The summed E-state index contributed by atoms with van der Waals surface area (Å²) in [6.45, 7) is 0. The Bertz CT molecular complexity index is 577. The van der Waals surface area contributed by atoms with Gasteiger partial charge in [-0.3, -0.25) is 0 Å². The normalized spacial score (nSPS) is 22.9. The zero-order valence-corrected chi connectivity index (χ0v) is 13.5. The first-order valence-corrected chi connectivity index (χ1v) is 9.55. The van der Waals surface area contributed by atoms with E-state index < -0.39 is 0 Å². The molecule has 108 valence electrons. The van der Waals surface area contributed by atoms with E-state index in [9.17, 15) is 0 Å². The molecule has 0 saturated carbocycles. The van der Waals surface area contributed by atoms with Gasteiger partial charge in [-0.1, -0.05) is 36.4 Å². The van der Waals surface area contributed by atoms with Gasteiger partial charge in [-0.2, -0.15) is 23.5 Å². The molecule has 2 aromatic rings. The van der Waals surface area contributed by atoms with Crippen molar-refractivity contribution in [1.82, 2.24) is 0 Å². The van der Waals surface area contributed by atoms with Gasteiger partial charge in [0.15, 0.2) is 0 Å². The highest BCUT2D eigenvalue weighted by Gasteiger charge is 2.25. The van der Waals surface area contributed by atoms with Gasteiger partial charge in [0.05, 0.1) is 0 Å². The van der Waals surface area contributed by atoms with Gasteiger partial charge in [-0.05, 0) is 36.1 Å². The Morgan fingerprint density at radius 3 is 1.62 bits per heavy atom. The first kappa shape index (κ1) is 13.6. The summed E-state index contributed by atoms with van der Waals surface area (Å²) in [5, 5.41) is 1.60. The van der Waals surface area contributed by atoms with Crippen molar-refractivity contribution in [1.29, 1.82) is 0 Å². The Hall–Kier alpha value is -1.06. The molecule has 3 heteroatoms. The van der Waals surface area contributed by atoms with Crippen LogP contribution in [-0.4, -0.2) is 22.0 Å². The van der Waals surface area contributed by atoms with E-state index in [2.05, 4.69) is 48.5 Å². The fourth-order valence-corrected chi connectivity index (χ4v) is 3.63. The number of hydrogen-bond donors (Lipinski definition) is 0. The van der Waals surface area contributed by atoms with Crippen LogP contribution in [0.4, 0.5) is 0 Å². The van der Waals surface area contributed by atoms with Crippen LogP contribution in [0.1, 0.15) is 11.1 Å². The van der Waals surface area contributed by atoms with Crippen LogP contribution in [0.15, 0.2) is 48.5 Å². The Morgan fingerprint density at radius 2 is 1.19 bits per heavy atom. The second kappa shape index (κ2) is 5.98. The van der Waals surface area contributed by atoms with Crippen LogP contribution in [0.3, 0.4) is 0 Å². The van der Waals surface area contributed by atoms with Gasteiger partial charge < -0.3 is 4.74 Å². The first-order chi connectivity index (χ1) is 10.4. The number of ether oxygens (including phenoxy) is 1. The summed E-state index contributed by atoms with van der Waals surface area (Å²) < 4.78 is 6.28. The molecule has 0 spiro atoms. The molecular formula is C18H18OS2. The van der Waals surface area contributed by atoms with Crippen molar-refractivity contribution in [3.63, 3.8) is 0 Å². The van der Waals surface area contributed by atoms with Crippen LogP contribution in [-0.2, 0) is 12.8 Å². The van der Waals surface area contributed by atoms with E-state index in [-0.39, 0.29) is 0 Å². The number of rotatable bonds is 6. The molecule has 2 unspecified atom stereocenters. The number of thioether (sulfide) groups is 2. The molecule has 4 rings (SSSR count). The highest BCUT2D eigenvalue weighted by atomic mass is 32.2. The summed E-state index contributed by atoms with van der Waals surface area (Å²) in [5.41, 5.74) is 2.67. The average molecular weight is 314 g/mol. The van der Waals surface area contributed by atoms with E-state index in [0.717, 1.165) is 34.8 Å². The Balaban J connectivity index is 1.57. The predicted octanol–water partition coefficient (Wildman–Crippen LogP) is 4.79. The zero-order chi connectivity index (χ0) is 14.1. The summed E-state index contributed by atoms with van der Waals surface area (Å²) in [5.74, 6) is 4.65. The van der Waals surface area contributed by atoms with Crippen LogP contribution in [0.25, 0.3) is 0 Å². The molecular weight excluding hydrogens is 296 g/mol. The van der Waals surface area contributed by atoms with Crippen molar-refractivity contribution in [3.05, 3.63) is 59.7 Å². The lowest BCUT2D eigenvalue weighted by atomic mass is 10.1. The second-order valence-corrected chi connectivity index (χ2v) is 8.30. The van der Waals surface area contributed by atoms with Crippen molar-refractivity contribution in [2.45, 2.75) is 23.3 Å². The standard InChI is InChI=1S/C18H18OS2/c1-3-7-17(13(5-1)9-15-11-20-15)19-18-8-4-2-6-14(18)10-16-12-21-16/h1-8,15-16H,9-12H2. The molecule has 2 saturated heterocycles. The lowest BCUT2D eigenvalue weighted by Gasteiger charge is -2.13. The molecule has 0 bridgehead atoms. The Morgan fingerprint density at radius 1 is 0.762 bits per heavy atom. The Labute approximate surface area is 134 Å². The molecule has 1 nitrogen and oxygen atoms in total. The van der Waals surface area contributed by atoms with Crippen LogP contribution >= 0.6 is 23.5 Å². The maximum absolute atomic E-state index is 6.28. The highest BCUT2D eigenvalue weighted by molar-refractivity contribution is 8.07. The molecule has 0 radical (unpaired) electrons. The lowest BCUT2D eigenvalue weighted by molar-refractivity contribution is 0.470. The molecule has 2 heterocycles. The van der Waals surface area contributed by atoms with Crippen LogP contribution in [0.5, 0.6) is 11.5 Å². The lowest BCUT2D eigenvalue weighted by Crippen LogP contribution is -1.99. The minimum absolute atomic E-state index is 0.799. The molecule has 2 atom stereocenters. The quantitative estimate of drug-likeness (QED) is 0.709. The minimum atomic E-state index is 0.799. The molecule has 0 aliphatic carbocycles. The molecule has 0 amide bonds. The van der Waals surface area contributed by atoms with Gasteiger partial charge >= 0.3 is 0 Å². The van der Waals surface area contributed by atoms with E-state index in [1.807, 2.05) is 23.5 Å². The molecule has 2 aliphatic heterocycles. The third-order valence-corrected chi connectivity index (χ3v) is 5.81. The monoisotopic (exact) mass is 314 g/mol. The van der Waals surface area contributed by atoms with E-state index in [1.54, 1.807) is 0 Å². The first-order valence-electron chi connectivity index (χ1n) is 7.45. The average Bonchev–Trinajstić information content (AvgIpc) is 3.39. The molecule has 21 heavy (non-hydrogen) atoms. The molecule has 2 fully saturated rings. The van der Waals surface area contributed by atoms with Crippen molar-refractivity contribution < 1.29 is 4.74 Å². The van der Waals surface area contributed by atoms with Crippen LogP contribution in [0, 0.1) is 0 Å².